The van der Waals surface area contributed by atoms with Crippen molar-refractivity contribution in [2.75, 3.05) is 0 Å². The molecule has 0 saturated carbocycles. The molecule has 2 N–H and O–H groups in total. The number of rotatable bonds is 3. The zero-order valence-electron chi connectivity index (χ0n) is 11.8. The molecule has 19 heavy (non-hydrogen) atoms. The summed E-state index contributed by atoms with van der Waals surface area (Å²) < 4.78 is 0. The van der Waals surface area contributed by atoms with Crippen LogP contribution in [0, 0.1) is 6.92 Å². The third kappa shape index (κ3) is 3.37. The van der Waals surface area contributed by atoms with Crippen molar-refractivity contribution in [1.82, 2.24) is 0 Å². The van der Waals surface area contributed by atoms with E-state index in [-0.39, 0.29) is 12.4 Å². The van der Waals surface area contributed by atoms with E-state index in [1.165, 1.54) is 27.8 Å². The van der Waals surface area contributed by atoms with Gasteiger partial charge in [0.2, 0.25) is 0 Å². The highest BCUT2D eigenvalue weighted by Gasteiger charge is 2.08. The Morgan fingerprint density at radius 1 is 1.05 bits per heavy atom. The average Bonchev–Trinajstić information content (AvgIpc) is 2.38. The predicted molar refractivity (Wildman–Crippen MR) is 85.8 cm³/mol. The zero-order chi connectivity index (χ0) is 13.1. The largest absolute Gasteiger partial charge is 0.326 e. The van der Waals surface area contributed by atoms with Crippen LogP contribution in [0.2, 0.25) is 0 Å². The van der Waals surface area contributed by atoms with Crippen LogP contribution in [0.1, 0.15) is 36.5 Å². The first-order valence-corrected chi connectivity index (χ1v) is 6.52. The molecule has 102 valence electrons. The second-order valence-electron chi connectivity index (χ2n) is 5.09. The number of halogens is 1. The number of hydrogen-bond donors (Lipinski definition) is 1. The predicted octanol–water partition coefficient (Wildman–Crippen LogP) is 4.67. The van der Waals surface area contributed by atoms with Crippen LogP contribution in [0.4, 0.5) is 0 Å². The van der Waals surface area contributed by atoms with E-state index in [1.54, 1.807) is 0 Å². The van der Waals surface area contributed by atoms with E-state index >= 15 is 0 Å². The summed E-state index contributed by atoms with van der Waals surface area (Å²) in [6.07, 6.45) is 0. The number of aryl methyl sites for hydroxylation is 1. The van der Waals surface area contributed by atoms with Crippen molar-refractivity contribution >= 4 is 12.4 Å². The van der Waals surface area contributed by atoms with Crippen molar-refractivity contribution in [3.05, 3.63) is 59.2 Å². The molecule has 2 heteroatoms. The van der Waals surface area contributed by atoms with Crippen LogP contribution in [0.3, 0.4) is 0 Å². The van der Waals surface area contributed by atoms with Gasteiger partial charge in [-0.25, -0.2) is 0 Å². The van der Waals surface area contributed by atoms with E-state index in [0.717, 1.165) is 0 Å². The Morgan fingerprint density at radius 3 is 2.32 bits per heavy atom. The molecule has 0 unspecified atom stereocenters. The van der Waals surface area contributed by atoms with Crippen LogP contribution >= 0.6 is 12.4 Å². The molecular formula is C17H22ClN. The van der Waals surface area contributed by atoms with Gasteiger partial charge in [-0.15, -0.1) is 12.4 Å². The Labute approximate surface area is 122 Å². The van der Waals surface area contributed by atoms with E-state index in [9.17, 15) is 0 Å². The molecule has 0 fully saturated rings. The third-order valence-corrected chi connectivity index (χ3v) is 3.46. The second-order valence-corrected chi connectivity index (χ2v) is 5.09. The van der Waals surface area contributed by atoms with Gasteiger partial charge in [0.25, 0.3) is 0 Å². The van der Waals surface area contributed by atoms with Crippen LogP contribution in [0.25, 0.3) is 11.1 Å². The van der Waals surface area contributed by atoms with Gasteiger partial charge < -0.3 is 5.73 Å². The lowest BCUT2D eigenvalue weighted by Gasteiger charge is -2.14. The van der Waals surface area contributed by atoms with Crippen LogP contribution in [-0.2, 0) is 6.54 Å². The molecule has 0 atom stereocenters. The Morgan fingerprint density at radius 2 is 1.74 bits per heavy atom. The Bertz CT molecular complexity index is 547. The minimum atomic E-state index is 0. The van der Waals surface area contributed by atoms with Crippen LogP contribution in [-0.4, -0.2) is 0 Å². The molecule has 2 rings (SSSR count). The summed E-state index contributed by atoms with van der Waals surface area (Å²) in [7, 11) is 0. The molecular weight excluding hydrogens is 254 g/mol. The van der Waals surface area contributed by atoms with E-state index in [4.69, 9.17) is 5.73 Å². The summed E-state index contributed by atoms with van der Waals surface area (Å²) >= 11 is 0. The van der Waals surface area contributed by atoms with Crippen LogP contribution < -0.4 is 5.73 Å². The topological polar surface area (TPSA) is 26.0 Å². The van der Waals surface area contributed by atoms with E-state index in [0.29, 0.717) is 12.5 Å². The molecule has 0 aromatic heterocycles. The van der Waals surface area contributed by atoms with Gasteiger partial charge in [-0.05, 0) is 40.7 Å². The van der Waals surface area contributed by atoms with Gasteiger partial charge in [0.05, 0.1) is 0 Å². The molecule has 2 aromatic rings. The molecule has 1 nitrogen and oxygen atoms in total. The van der Waals surface area contributed by atoms with Crippen LogP contribution in [0.5, 0.6) is 0 Å². The maximum absolute atomic E-state index is 5.72. The lowest BCUT2D eigenvalue weighted by Crippen LogP contribution is -1.99. The first-order valence-electron chi connectivity index (χ1n) is 6.52. The summed E-state index contributed by atoms with van der Waals surface area (Å²) in [5.74, 6) is 0.538. The van der Waals surface area contributed by atoms with Gasteiger partial charge in [-0.3, -0.25) is 0 Å². The fraction of sp³-hybridized carbons (Fsp3) is 0.294. The lowest BCUT2D eigenvalue weighted by molar-refractivity contribution is 0.869. The number of nitrogens with two attached hydrogens (primary N) is 1. The molecule has 0 radical (unpaired) electrons. The standard InChI is InChI=1S/C17H21N.ClH/c1-12(2)16-6-4-5-7-17(16)14-8-9-15(11-18)13(3)10-14;/h4-10,12H,11,18H2,1-3H3;1H. The van der Waals surface area contributed by atoms with Crippen molar-refractivity contribution < 1.29 is 0 Å². The fourth-order valence-electron chi connectivity index (χ4n) is 2.36. The summed E-state index contributed by atoms with van der Waals surface area (Å²) in [5.41, 5.74) is 12.2. The highest BCUT2D eigenvalue weighted by molar-refractivity contribution is 5.85. The van der Waals surface area contributed by atoms with Gasteiger partial charge in [0.1, 0.15) is 0 Å². The summed E-state index contributed by atoms with van der Waals surface area (Å²) in [6, 6.07) is 15.2. The Balaban J connectivity index is 0.00000180. The molecule has 0 aliphatic rings. The fourth-order valence-corrected chi connectivity index (χ4v) is 2.36. The maximum atomic E-state index is 5.72. The molecule has 0 amide bonds. The molecule has 0 heterocycles. The van der Waals surface area contributed by atoms with Crippen LogP contribution in [0.15, 0.2) is 42.5 Å². The van der Waals surface area contributed by atoms with E-state index < -0.39 is 0 Å². The van der Waals surface area contributed by atoms with E-state index in [1.807, 2.05) is 0 Å². The van der Waals surface area contributed by atoms with Gasteiger partial charge >= 0.3 is 0 Å². The third-order valence-electron chi connectivity index (χ3n) is 3.46. The monoisotopic (exact) mass is 275 g/mol. The van der Waals surface area contributed by atoms with Gasteiger partial charge in [0, 0.05) is 6.54 Å². The Kier molecular flexibility index (Phi) is 5.59. The molecule has 0 aliphatic carbocycles. The first-order chi connectivity index (χ1) is 8.63. The molecule has 0 saturated heterocycles. The Hall–Kier alpha value is -1.31. The average molecular weight is 276 g/mol. The van der Waals surface area contributed by atoms with Crippen molar-refractivity contribution in [2.24, 2.45) is 5.73 Å². The zero-order valence-corrected chi connectivity index (χ0v) is 12.6. The smallest absolute Gasteiger partial charge is 0.0180 e. The highest BCUT2D eigenvalue weighted by Crippen LogP contribution is 2.30. The van der Waals surface area contributed by atoms with Crippen molar-refractivity contribution in [3.63, 3.8) is 0 Å². The van der Waals surface area contributed by atoms with Gasteiger partial charge in [0.15, 0.2) is 0 Å². The summed E-state index contributed by atoms with van der Waals surface area (Å²) in [5, 5.41) is 0. The van der Waals surface area contributed by atoms with Gasteiger partial charge in [-0.1, -0.05) is 56.3 Å². The maximum Gasteiger partial charge on any atom is 0.0180 e. The van der Waals surface area contributed by atoms with E-state index in [2.05, 4.69) is 63.2 Å². The first kappa shape index (κ1) is 15.7. The quantitative estimate of drug-likeness (QED) is 0.866. The van der Waals surface area contributed by atoms with Crippen molar-refractivity contribution in [1.29, 1.82) is 0 Å². The minimum absolute atomic E-state index is 0. The normalized spacial score (nSPS) is 10.4. The highest BCUT2D eigenvalue weighted by atomic mass is 35.5. The molecule has 0 spiro atoms. The summed E-state index contributed by atoms with van der Waals surface area (Å²) in [6.45, 7) is 7.21. The van der Waals surface area contributed by atoms with Crippen molar-refractivity contribution in [2.45, 2.75) is 33.2 Å². The molecule has 2 aromatic carbocycles. The van der Waals surface area contributed by atoms with Gasteiger partial charge in [-0.2, -0.15) is 0 Å². The minimum Gasteiger partial charge on any atom is -0.326 e. The lowest BCUT2D eigenvalue weighted by atomic mass is 9.91. The number of benzene rings is 2. The van der Waals surface area contributed by atoms with Crippen molar-refractivity contribution in [3.8, 4) is 11.1 Å². The molecule has 0 aliphatic heterocycles. The summed E-state index contributed by atoms with van der Waals surface area (Å²) in [4.78, 5) is 0. The SMILES string of the molecule is Cc1cc(-c2ccccc2C(C)C)ccc1CN.Cl. The molecule has 0 bridgehead atoms. The second kappa shape index (κ2) is 6.74. The number of hydrogen-bond acceptors (Lipinski definition) is 1.